The molecule has 354 valence electrons. The van der Waals surface area contributed by atoms with E-state index in [1.165, 1.54) is 38.5 Å². The van der Waals surface area contributed by atoms with Gasteiger partial charge in [-0.05, 0) is 38.5 Å². The van der Waals surface area contributed by atoms with E-state index in [9.17, 15) is 38.7 Å². The summed E-state index contributed by atoms with van der Waals surface area (Å²) in [7, 11) is 0. The molecule has 11 N–H and O–H groups in total. The summed E-state index contributed by atoms with van der Waals surface area (Å²) in [5.41, 5.74) is 7.54. The first kappa shape index (κ1) is 57.1. The molecule has 0 aromatic carbocycles. The number of hydrogen-bond acceptors (Lipinski definition) is 13. The van der Waals surface area contributed by atoms with Crippen LogP contribution in [0.3, 0.4) is 0 Å². The minimum absolute atomic E-state index is 0.0305. The van der Waals surface area contributed by atoms with Gasteiger partial charge in [-0.3, -0.25) is 34.6 Å². The molecule has 0 saturated heterocycles. The molecule has 0 aliphatic carbocycles. The van der Waals surface area contributed by atoms with Crippen LogP contribution in [-0.4, -0.2) is 136 Å². The highest BCUT2D eigenvalue weighted by atomic mass is 16.5. The number of primary amides is 1. The molecule has 0 fully saturated rings. The van der Waals surface area contributed by atoms with Gasteiger partial charge >= 0.3 is 11.9 Å². The van der Waals surface area contributed by atoms with E-state index in [1.54, 1.807) is 0 Å². The van der Waals surface area contributed by atoms with E-state index in [2.05, 4.69) is 26.7 Å². The third-order valence-corrected chi connectivity index (χ3v) is 9.47. The van der Waals surface area contributed by atoms with Gasteiger partial charge in [0.2, 0.25) is 29.5 Å². The number of carboxylic acids is 2. The molecular formula is C41H77N7O13. The van der Waals surface area contributed by atoms with Crippen molar-refractivity contribution in [1.29, 1.82) is 0 Å². The SMILES string of the molecule is NN[C@@H](CCCCNC(=O)COCCOCCNC(=O)COCCOCCNC(=O)CC[C@H](NC(=O)CCCCCCCCCCCCCCCCC(=O)O)C(=O)O)C(N)=O. The van der Waals surface area contributed by atoms with Crippen LogP contribution in [0, 0.1) is 0 Å². The Balaban J connectivity index is 3.65. The molecule has 0 unspecified atom stereocenters. The number of ether oxygens (including phenoxy) is 4. The normalized spacial score (nSPS) is 12.0. The smallest absolute Gasteiger partial charge is 0.326 e. The third kappa shape index (κ3) is 39.9. The van der Waals surface area contributed by atoms with E-state index in [4.69, 9.17) is 35.6 Å². The average molecular weight is 876 g/mol. The van der Waals surface area contributed by atoms with Crippen molar-refractivity contribution in [3.63, 3.8) is 0 Å². The van der Waals surface area contributed by atoms with E-state index in [0.717, 1.165) is 44.9 Å². The first-order chi connectivity index (χ1) is 29.5. The fourth-order valence-electron chi connectivity index (χ4n) is 5.98. The van der Waals surface area contributed by atoms with Gasteiger partial charge in [-0.2, -0.15) is 0 Å². The number of aliphatic carboxylic acids is 2. The van der Waals surface area contributed by atoms with Crippen LogP contribution in [-0.2, 0) is 52.5 Å². The number of carbonyl (C=O) groups excluding carboxylic acids is 5. The molecule has 0 rings (SSSR count). The van der Waals surface area contributed by atoms with Crippen molar-refractivity contribution in [2.45, 2.75) is 147 Å². The van der Waals surface area contributed by atoms with Crippen LogP contribution in [0.15, 0.2) is 0 Å². The molecule has 0 spiro atoms. The number of carbonyl (C=O) groups is 7. The Morgan fingerprint density at radius 2 is 0.885 bits per heavy atom. The first-order valence-electron chi connectivity index (χ1n) is 22.1. The van der Waals surface area contributed by atoms with E-state index < -0.39 is 29.9 Å². The third-order valence-electron chi connectivity index (χ3n) is 9.47. The number of carboxylic acid groups (broad SMARTS) is 2. The predicted octanol–water partition coefficient (Wildman–Crippen LogP) is 1.56. The number of nitrogens with two attached hydrogens (primary N) is 2. The molecule has 2 atom stereocenters. The summed E-state index contributed by atoms with van der Waals surface area (Å²) in [4.78, 5) is 81.4. The second kappa shape index (κ2) is 41.4. The molecule has 0 bridgehead atoms. The van der Waals surface area contributed by atoms with Crippen LogP contribution >= 0.6 is 0 Å². The van der Waals surface area contributed by atoms with Crippen LogP contribution in [0.5, 0.6) is 0 Å². The van der Waals surface area contributed by atoms with Gasteiger partial charge in [-0.25, -0.2) is 10.2 Å². The molecule has 20 nitrogen and oxygen atoms in total. The van der Waals surface area contributed by atoms with Crippen LogP contribution in [0.25, 0.3) is 0 Å². The number of rotatable bonds is 45. The predicted molar refractivity (Wildman–Crippen MR) is 227 cm³/mol. The average Bonchev–Trinajstić information content (AvgIpc) is 3.22. The second-order valence-electron chi connectivity index (χ2n) is 14.8. The lowest BCUT2D eigenvalue weighted by Gasteiger charge is -2.14. The zero-order valence-electron chi connectivity index (χ0n) is 36.3. The molecule has 0 aromatic rings. The van der Waals surface area contributed by atoms with E-state index >= 15 is 0 Å². The van der Waals surface area contributed by atoms with Gasteiger partial charge in [0.05, 0.1) is 45.7 Å². The lowest BCUT2D eigenvalue weighted by Crippen LogP contribution is -2.45. The summed E-state index contributed by atoms with van der Waals surface area (Å²) in [5.74, 6) is 1.53. The fraction of sp³-hybridized carbons (Fsp3) is 0.829. The topological polar surface area (TPSA) is 309 Å². The van der Waals surface area contributed by atoms with Crippen molar-refractivity contribution in [1.82, 2.24) is 26.7 Å². The number of amides is 5. The maximum atomic E-state index is 12.3. The Morgan fingerprint density at radius 1 is 0.443 bits per heavy atom. The Morgan fingerprint density at radius 3 is 1.34 bits per heavy atom. The molecule has 61 heavy (non-hydrogen) atoms. The second-order valence-corrected chi connectivity index (χ2v) is 14.8. The van der Waals surface area contributed by atoms with Crippen molar-refractivity contribution in [3.8, 4) is 0 Å². The maximum absolute atomic E-state index is 12.3. The Bertz CT molecular complexity index is 1200. The zero-order valence-corrected chi connectivity index (χ0v) is 36.3. The van der Waals surface area contributed by atoms with Gasteiger partial charge in [0.25, 0.3) is 0 Å². The van der Waals surface area contributed by atoms with Gasteiger partial charge in [-0.15, -0.1) is 0 Å². The minimum Gasteiger partial charge on any atom is -0.481 e. The first-order valence-corrected chi connectivity index (χ1v) is 22.1. The Kier molecular flexibility index (Phi) is 38.7. The van der Waals surface area contributed by atoms with Gasteiger partial charge in [-0.1, -0.05) is 77.0 Å². The molecule has 5 amide bonds. The zero-order chi connectivity index (χ0) is 45.2. The largest absolute Gasteiger partial charge is 0.481 e. The summed E-state index contributed by atoms with van der Waals surface area (Å²) in [6.45, 7) is 1.86. The van der Waals surface area contributed by atoms with E-state index in [0.29, 0.717) is 32.2 Å². The molecule has 0 heterocycles. The molecular weight excluding hydrogens is 798 g/mol. The van der Waals surface area contributed by atoms with Crippen LogP contribution in [0.2, 0.25) is 0 Å². The quantitative estimate of drug-likeness (QED) is 0.0238. The van der Waals surface area contributed by atoms with Crippen molar-refractivity contribution in [3.05, 3.63) is 0 Å². The maximum Gasteiger partial charge on any atom is 0.326 e. The number of hydrogen-bond donors (Lipinski definition) is 9. The van der Waals surface area contributed by atoms with Crippen molar-refractivity contribution < 1.29 is 62.7 Å². The highest BCUT2D eigenvalue weighted by Gasteiger charge is 2.21. The standard InChI is InChI=1S/C41H77N7O13/c42-40(55)33(48-43)17-15-16-22-44-37(51)31-60-29-28-59-26-24-46-38(52)32-61-30-27-58-25-23-45-35(49)21-20-34(41(56)57)47-36(50)18-13-11-9-7-5-3-1-2-4-6-8-10-12-14-19-39(53)54/h33-34,48H,1-32,43H2,(H2,42,55)(H,44,51)(H,45,49)(H,46,52)(H,47,50)(H,53,54)(H,56,57)/t33-,34-/m0/s1. The highest BCUT2D eigenvalue weighted by Crippen LogP contribution is 2.14. The van der Waals surface area contributed by atoms with E-state index in [1.807, 2.05) is 0 Å². The summed E-state index contributed by atoms with van der Waals surface area (Å²) >= 11 is 0. The van der Waals surface area contributed by atoms with Crippen LogP contribution in [0.4, 0.5) is 0 Å². The minimum atomic E-state index is -1.19. The van der Waals surface area contributed by atoms with Crippen LogP contribution in [0.1, 0.15) is 135 Å². The summed E-state index contributed by atoms with van der Waals surface area (Å²) in [6, 6.07) is -1.74. The number of nitrogens with one attached hydrogen (secondary N) is 5. The fourth-order valence-corrected chi connectivity index (χ4v) is 5.98. The summed E-state index contributed by atoms with van der Waals surface area (Å²) < 4.78 is 21.3. The van der Waals surface area contributed by atoms with Crippen molar-refractivity contribution >= 4 is 41.5 Å². The highest BCUT2D eigenvalue weighted by molar-refractivity contribution is 5.84. The monoisotopic (exact) mass is 876 g/mol. The number of unbranched alkanes of at least 4 members (excludes halogenated alkanes) is 14. The summed E-state index contributed by atoms with van der Waals surface area (Å²) in [5, 5.41) is 28.7. The van der Waals surface area contributed by atoms with Gasteiger partial charge in [0, 0.05) is 38.9 Å². The molecule has 0 aromatic heterocycles. The summed E-state index contributed by atoms with van der Waals surface area (Å²) in [6.07, 6.45) is 17.2. The Hall–Kier alpha value is -3.95. The van der Waals surface area contributed by atoms with Gasteiger partial charge < -0.3 is 56.2 Å². The Labute approximate surface area is 361 Å². The molecule has 0 saturated carbocycles. The molecule has 0 aliphatic rings. The van der Waals surface area contributed by atoms with Crippen LogP contribution < -0.4 is 38.3 Å². The molecule has 0 aliphatic heterocycles. The molecule has 20 heteroatoms. The van der Waals surface area contributed by atoms with Gasteiger partial charge in [0.15, 0.2) is 0 Å². The van der Waals surface area contributed by atoms with E-state index in [-0.39, 0.29) is 115 Å². The lowest BCUT2D eigenvalue weighted by atomic mass is 10.0. The van der Waals surface area contributed by atoms with Crippen molar-refractivity contribution in [2.75, 3.05) is 72.5 Å². The lowest BCUT2D eigenvalue weighted by molar-refractivity contribution is -0.142. The number of hydrazine groups is 1. The van der Waals surface area contributed by atoms with Gasteiger partial charge in [0.1, 0.15) is 19.3 Å². The van der Waals surface area contributed by atoms with Crippen molar-refractivity contribution in [2.24, 2.45) is 11.6 Å². The molecule has 0 radical (unpaired) electrons.